The molecule has 9 nitrogen and oxygen atoms in total. The summed E-state index contributed by atoms with van der Waals surface area (Å²) in [6, 6.07) is 32.2. The van der Waals surface area contributed by atoms with Crippen molar-refractivity contribution in [3.05, 3.63) is 97.1 Å². The Kier molecular flexibility index (Phi) is 5.55. The van der Waals surface area contributed by atoms with Crippen LogP contribution in [0.4, 0.5) is 0 Å². The SMILES string of the molecule is [NH]=[Ni].c1ccc2c(c1)-c1nc-2nc2[nH]c(nc3nc(nc4[nH]c(n1)c1ccccc41)-c1ccccc1-3)c1ccccc21. The van der Waals surface area contributed by atoms with E-state index in [1.54, 1.807) is 0 Å². The second-order valence-corrected chi connectivity index (χ2v) is 9.79. The number of hydrogen-bond acceptors (Lipinski definition) is 7. The van der Waals surface area contributed by atoms with Crippen molar-refractivity contribution in [1.29, 1.82) is 4.45 Å². The summed E-state index contributed by atoms with van der Waals surface area (Å²) >= 11 is 3.12. The van der Waals surface area contributed by atoms with Gasteiger partial charge in [-0.3, -0.25) is 0 Å². The third kappa shape index (κ3) is 3.69. The summed E-state index contributed by atoms with van der Waals surface area (Å²) in [7, 11) is 0. The summed E-state index contributed by atoms with van der Waals surface area (Å²) in [4.78, 5) is 36.8. The third-order valence-corrected chi connectivity index (χ3v) is 7.46. The molecule has 3 N–H and O–H groups in total. The van der Waals surface area contributed by atoms with Gasteiger partial charge in [0.15, 0.2) is 23.3 Å². The first-order valence-corrected chi connectivity index (χ1v) is 13.6. The van der Waals surface area contributed by atoms with Crippen LogP contribution in [0.2, 0.25) is 0 Å². The largest absolute Gasteiger partial charge is 0.324 e. The number of nitrogens with one attached hydrogen (secondary N) is 3. The van der Waals surface area contributed by atoms with Crippen LogP contribution in [0.15, 0.2) is 97.1 Å². The number of hydrogen-bond donors (Lipinski definition) is 3. The molecule has 4 aromatic carbocycles. The normalized spacial score (nSPS) is 11.6. The van der Waals surface area contributed by atoms with Crippen molar-refractivity contribution in [1.82, 2.24) is 39.9 Å². The van der Waals surface area contributed by atoms with E-state index in [4.69, 9.17) is 34.3 Å². The zero-order valence-corrected chi connectivity index (χ0v) is 22.7. The van der Waals surface area contributed by atoms with Gasteiger partial charge in [-0.05, 0) is 0 Å². The molecule has 0 radical (unpaired) electrons. The van der Waals surface area contributed by atoms with Gasteiger partial charge < -0.3 is 9.97 Å². The van der Waals surface area contributed by atoms with Crippen molar-refractivity contribution >= 4 is 44.1 Å². The van der Waals surface area contributed by atoms with E-state index in [-0.39, 0.29) is 0 Å². The minimum atomic E-state index is 0.597. The van der Waals surface area contributed by atoms with Gasteiger partial charge in [0.25, 0.3) is 0 Å². The molecule has 0 saturated heterocycles. The minimum Gasteiger partial charge on any atom is -0.324 e. The van der Waals surface area contributed by atoms with E-state index < -0.39 is 0 Å². The molecule has 0 spiro atoms. The van der Waals surface area contributed by atoms with Gasteiger partial charge in [-0.25, -0.2) is 29.9 Å². The number of aromatic amines is 2. The Morgan fingerprint density at radius 1 is 0.357 bits per heavy atom. The van der Waals surface area contributed by atoms with Gasteiger partial charge in [-0.15, -0.1) is 0 Å². The number of benzene rings is 4. The van der Waals surface area contributed by atoms with Crippen LogP contribution in [0.5, 0.6) is 0 Å². The molecule has 0 fully saturated rings. The molecule has 5 heterocycles. The number of rotatable bonds is 0. The predicted octanol–water partition coefficient (Wildman–Crippen LogP) is 7.16. The zero-order valence-electron chi connectivity index (χ0n) is 21.7. The van der Waals surface area contributed by atoms with Crippen molar-refractivity contribution in [2.75, 3.05) is 0 Å². The quantitative estimate of drug-likeness (QED) is 0.161. The van der Waals surface area contributed by atoms with Gasteiger partial charge in [-0.2, -0.15) is 0 Å². The molecule has 202 valence electrons. The average molecular weight is 588 g/mol. The number of nitrogens with zero attached hydrogens (tertiary/aromatic N) is 6. The molecule has 8 bridgehead atoms. The molecule has 2 aliphatic rings. The van der Waals surface area contributed by atoms with Crippen molar-refractivity contribution < 1.29 is 15.3 Å². The van der Waals surface area contributed by atoms with E-state index in [2.05, 4.69) is 25.2 Å². The summed E-state index contributed by atoms with van der Waals surface area (Å²) < 4.78 is 5.38. The van der Waals surface area contributed by atoms with Gasteiger partial charge >= 0.3 is 19.7 Å². The fourth-order valence-corrected chi connectivity index (χ4v) is 5.59. The summed E-state index contributed by atoms with van der Waals surface area (Å²) in [5.74, 6) is 2.39. The fraction of sp³-hybridized carbons (Fsp3) is 0. The van der Waals surface area contributed by atoms with E-state index in [9.17, 15) is 0 Å². The molecule has 0 aliphatic carbocycles. The van der Waals surface area contributed by atoms with E-state index in [0.29, 0.717) is 45.9 Å². The summed E-state index contributed by atoms with van der Waals surface area (Å²) in [5, 5.41) is 3.82. The van der Waals surface area contributed by atoms with E-state index in [1.165, 1.54) is 0 Å². The number of H-pyrrole nitrogens is 2. The fourth-order valence-electron chi connectivity index (χ4n) is 5.59. The van der Waals surface area contributed by atoms with Crippen molar-refractivity contribution in [2.24, 2.45) is 0 Å². The van der Waals surface area contributed by atoms with E-state index in [1.807, 2.05) is 97.1 Å². The maximum atomic E-state index is 5.38. The van der Waals surface area contributed by atoms with Crippen LogP contribution >= 0.6 is 0 Å². The molecule has 2 aliphatic heterocycles. The maximum Gasteiger partial charge on any atom is 0.164 e. The monoisotopic (exact) mass is 587 g/mol. The molecular formula is C32H19N9Ni. The molecule has 9 rings (SSSR count). The second-order valence-electron chi connectivity index (χ2n) is 9.79. The van der Waals surface area contributed by atoms with Gasteiger partial charge in [0.05, 0.1) is 0 Å². The molecule has 7 aromatic rings. The molecule has 0 saturated carbocycles. The van der Waals surface area contributed by atoms with Crippen LogP contribution in [0.1, 0.15) is 0 Å². The number of fused-ring (bicyclic) bond motifs is 20. The molecular weight excluding hydrogens is 569 g/mol. The van der Waals surface area contributed by atoms with Gasteiger partial charge in [-0.1, -0.05) is 97.1 Å². The first kappa shape index (κ1) is 24.3. The first-order chi connectivity index (χ1) is 20.8. The Hall–Kier alpha value is -5.47. The van der Waals surface area contributed by atoms with E-state index >= 15 is 0 Å². The minimum absolute atomic E-state index is 0.597. The topological polar surface area (TPSA) is 133 Å². The molecule has 0 unspecified atom stereocenters. The Morgan fingerprint density at radius 3 is 0.857 bits per heavy atom. The number of aromatic nitrogens is 8. The van der Waals surface area contributed by atoms with Gasteiger partial charge in [0.1, 0.15) is 22.6 Å². The van der Waals surface area contributed by atoms with E-state index in [0.717, 1.165) is 43.8 Å². The van der Waals surface area contributed by atoms with Crippen molar-refractivity contribution in [2.45, 2.75) is 0 Å². The Bertz CT molecular complexity index is 2050. The van der Waals surface area contributed by atoms with Gasteiger partial charge in [0.2, 0.25) is 0 Å². The van der Waals surface area contributed by atoms with Crippen molar-refractivity contribution in [3.8, 4) is 45.6 Å². The molecule has 42 heavy (non-hydrogen) atoms. The molecule has 0 amide bonds. The van der Waals surface area contributed by atoms with Crippen LogP contribution in [-0.2, 0) is 15.3 Å². The predicted molar refractivity (Wildman–Crippen MR) is 159 cm³/mol. The van der Waals surface area contributed by atoms with Crippen molar-refractivity contribution in [3.63, 3.8) is 0 Å². The summed E-state index contributed by atoms with van der Waals surface area (Å²) in [6.45, 7) is 0. The molecule has 0 atom stereocenters. The Balaban J connectivity index is 0.00000131. The summed E-state index contributed by atoms with van der Waals surface area (Å²) in [6.07, 6.45) is 0. The second kappa shape index (κ2) is 9.57. The Labute approximate surface area is 245 Å². The summed E-state index contributed by atoms with van der Waals surface area (Å²) in [5.41, 5.74) is 6.45. The third-order valence-electron chi connectivity index (χ3n) is 7.46. The zero-order chi connectivity index (χ0) is 28.2. The smallest absolute Gasteiger partial charge is 0.164 e. The Morgan fingerprint density at radius 2 is 0.595 bits per heavy atom. The van der Waals surface area contributed by atoms with Crippen LogP contribution < -0.4 is 0 Å². The molecule has 3 aromatic heterocycles. The first-order valence-electron chi connectivity index (χ1n) is 13.2. The van der Waals surface area contributed by atoms with Crippen LogP contribution in [0, 0.1) is 4.45 Å². The standard InChI is InChI=1S/C32H18N8.HN.Ni/c1-2-10-18-17(9-1)25-33-26(18)38-28-21-13-5-6-14-22(21)30(35-28)40-32-24-16-8-7-15-23(24)31(36-32)39-29-20-12-4-3-11-19(20)27(34-29)37-25;;/h1-16H,(H2,33,34,35,36,37,38,39,40);1H;. The van der Waals surface area contributed by atoms with Crippen LogP contribution in [0.25, 0.3) is 89.7 Å². The van der Waals surface area contributed by atoms with Gasteiger partial charge in [0, 0.05) is 43.8 Å². The average Bonchev–Trinajstić information content (AvgIpc) is 3.78. The van der Waals surface area contributed by atoms with Crippen LogP contribution in [0.3, 0.4) is 0 Å². The van der Waals surface area contributed by atoms with Crippen LogP contribution in [-0.4, -0.2) is 39.9 Å². The molecule has 10 heteroatoms. The maximum absolute atomic E-state index is 5.38.